The first-order valence-corrected chi connectivity index (χ1v) is 11.0. The average Bonchev–Trinajstić information content (AvgIpc) is 2.82. The zero-order valence-electron chi connectivity index (χ0n) is 17.6. The summed E-state index contributed by atoms with van der Waals surface area (Å²) in [6.45, 7) is 3.74. The molecule has 0 unspecified atom stereocenters. The Morgan fingerprint density at radius 1 is 1.09 bits per heavy atom. The number of amides is 1. The minimum atomic E-state index is -0.294. The van der Waals surface area contributed by atoms with Crippen molar-refractivity contribution in [3.63, 3.8) is 0 Å². The van der Waals surface area contributed by atoms with Crippen LogP contribution in [0.3, 0.4) is 0 Å². The molecule has 0 aliphatic rings. The highest BCUT2D eigenvalue weighted by Gasteiger charge is 2.16. The molecule has 0 fully saturated rings. The van der Waals surface area contributed by atoms with Crippen LogP contribution in [0.25, 0.3) is 16.6 Å². The van der Waals surface area contributed by atoms with Gasteiger partial charge >= 0.3 is 0 Å². The van der Waals surface area contributed by atoms with Gasteiger partial charge in [-0.05, 0) is 43.7 Å². The molecule has 2 aromatic carbocycles. The Morgan fingerprint density at radius 3 is 2.66 bits per heavy atom. The molecule has 0 radical (unpaired) electrons. The number of fused-ring (bicyclic) bond motifs is 1. The van der Waals surface area contributed by atoms with E-state index in [1.807, 2.05) is 55.5 Å². The summed E-state index contributed by atoms with van der Waals surface area (Å²) in [5.41, 5.74) is 6.14. The van der Waals surface area contributed by atoms with Crippen molar-refractivity contribution < 1.29 is 4.79 Å². The van der Waals surface area contributed by atoms with Gasteiger partial charge in [-0.1, -0.05) is 48.2 Å². The van der Waals surface area contributed by atoms with Gasteiger partial charge in [0.05, 0.1) is 28.1 Å². The smallest absolute Gasteiger partial charge is 0.266 e. The van der Waals surface area contributed by atoms with Crippen LogP contribution in [0, 0.1) is 6.92 Å². The minimum Gasteiger partial charge on any atom is -0.272 e. The van der Waals surface area contributed by atoms with E-state index in [2.05, 4.69) is 20.5 Å². The second kappa shape index (κ2) is 9.57. The summed E-state index contributed by atoms with van der Waals surface area (Å²) in [7, 11) is 0. The fourth-order valence-electron chi connectivity index (χ4n) is 3.19. The van der Waals surface area contributed by atoms with Crippen molar-refractivity contribution in [2.24, 2.45) is 5.10 Å². The van der Waals surface area contributed by atoms with Gasteiger partial charge in [0, 0.05) is 18.0 Å². The summed E-state index contributed by atoms with van der Waals surface area (Å²) < 4.78 is 1.57. The number of carbonyl (C=O) groups excluding carboxylic acids is 1. The number of rotatable bonds is 6. The first-order valence-electron chi connectivity index (χ1n) is 9.98. The monoisotopic (exact) mass is 443 g/mol. The summed E-state index contributed by atoms with van der Waals surface area (Å²) in [4.78, 5) is 34.5. The zero-order valence-corrected chi connectivity index (χ0v) is 18.5. The maximum Gasteiger partial charge on any atom is 0.266 e. The van der Waals surface area contributed by atoms with Gasteiger partial charge in [0.25, 0.3) is 11.5 Å². The van der Waals surface area contributed by atoms with Crippen LogP contribution in [-0.4, -0.2) is 31.9 Å². The van der Waals surface area contributed by atoms with E-state index in [1.54, 1.807) is 36.0 Å². The lowest BCUT2D eigenvalue weighted by Crippen LogP contribution is -2.25. The summed E-state index contributed by atoms with van der Waals surface area (Å²) in [6, 6.07) is 18.5. The van der Waals surface area contributed by atoms with Crippen molar-refractivity contribution >= 4 is 34.3 Å². The molecule has 4 rings (SSSR count). The summed E-state index contributed by atoms with van der Waals surface area (Å²) in [6.07, 6.45) is 3.36. The van der Waals surface area contributed by atoms with E-state index in [4.69, 9.17) is 0 Å². The van der Waals surface area contributed by atoms with Crippen molar-refractivity contribution in [1.82, 2.24) is 20.0 Å². The van der Waals surface area contributed by atoms with Gasteiger partial charge in [0.2, 0.25) is 0 Å². The Labute approximate surface area is 189 Å². The number of nitrogens with zero attached hydrogens (tertiary/aromatic N) is 4. The number of hydrogen-bond donors (Lipinski definition) is 1. The molecular formula is C24H21N5O2S. The molecule has 0 aliphatic carbocycles. The fraction of sp³-hybridized carbons (Fsp3) is 0.125. The van der Waals surface area contributed by atoms with Crippen LogP contribution in [0.4, 0.5) is 0 Å². The predicted molar refractivity (Wildman–Crippen MR) is 127 cm³/mol. The van der Waals surface area contributed by atoms with Crippen LogP contribution in [0.5, 0.6) is 0 Å². The molecule has 32 heavy (non-hydrogen) atoms. The van der Waals surface area contributed by atoms with Crippen molar-refractivity contribution in [3.8, 4) is 5.69 Å². The Morgan fingerprint density at radius 2 is 1.88 bits per heavy atom. The third kappa shape index (κ3) is 4.60. The maximum absolute atomic E-state index is 13.3. The average molecular weight is 444 g/mol. The molecule has 0 atom stereocenters. The maximum atomic E-state index is 13.3. The Hall–Kier alpha value is -3.78. The van der Waals surface area contributed by atoms with E-state index in [1.165, 1.54) is 11.8 Å². The number of para-hydroxylation sites is 2. The molecule has 0 saturated carbocycles. The van der Waals surface area contributed by atoms with Crippen LogP contribution in [-0.2, 0) is 4.79 Å². The highest BCUT2D eigenvalue weighted by Crippen LogP contribution is 2.23. The van der Waals surface area contributed by atoms with Gasteiger partial charge in [-0.15, -0.1) is 0 Å². The number of pyridine rings is 1. The van der Waals surface area contributed by atoms with Crippen LogP contribution in [0.15, 0.2) is 88.1 Å². The summed E-state index contributed by atoms with van der Waals surface area (Å²) in [5.74, 6) is -0.238. The lowest BCUT2D eigenvalue weighted by Gasteiger charge is -2.14. The third-order valence-electron chi connectivity index (χ3n) is 4.86. The van der Waals surface area contributed by atoms with Gasteiger partial charge < -0.3 is 0 Å². The predicted octanol–water partition coefficient (Wildman–Crippen LogP) is 3.72. The molecule has 7 nitrogen and oxygen atoms in total. The molecule has 2 aromatic heterocycles. The van der Waals surface area contributed by atoms with Crippen molar-refractivity contribution in [3.05, 3.63) is 94.5 Å². The van der Waals surface area contributed by atoms with Crippen molar-refractivity contribution in [1.29, 1.82) is 0 Å². The van der Waals surface area contributed by atoms with Gasteiger partial charge in [0.1, 0.15) is 0 Å². The standard InChI is InChI=1S/C24H21N5O2S/c1-16-8-3-6-12-21(16)29-23(31)19-10-4-5-11-20(19)26-24(29)32-15-22(30)28-27-17(2)18-9-7-13-25-14-18/h3-14H,15H2,1-2H3,(H,28,30)/b27-17-. The van der Waals surface area contributed by atoms with Gasteiger partial charge in [-0.2, -0.15) is 5.10 Å². The molecule has 8 heteroatoms. The molecule has 0 spiro atoms. The number of benzene rings is 2. The van der Waals surface area contributed by atoms with E-state index in [-0.39, 0.29) is 17.2 Å². The lowest BCUT2D eigenvalue weighted by molar-refractivity contribution is -0.118. The zero-order chi connectivity index (χ0) is 22.5. The second-order valence-corrected chi connectivity index (χ2v) is 8.04. The van der Waals surface area contributed by atoms with Gasteiger partial charge in [-0.25, -0.2) is 10.4 Å². The van der Waals surface area contributed by atoms with E-state index in [9.17, 15) is 9.59 Å². The topological polar surface area (TPSA) is 89.2 Å². The second-order valence-electron chi connectivity index (χ2n) is 7.10. The summed E-state index contributed by atoms with van der Waals surface area (Å²) in [5, 5.41) is 5.12. The van der Waals surface area contributed by atoms with Crippen molar-refractivity contribution in [2.45, 2.75) is 19.0 Å². The van der Waals surface area contributed by atoms with E-state index in [0.717, 1.165) is 16.8 Å². The van der Waals surface area contributed by atoms with Crippen LogP contribution < -0.4 is 11.0 Å². The van der Waals surface area contributed by atoms with Gasteiger partial charge in [-0.3, -0.25) is 19.1 Å². The third-order valence-corrected chi connectivity index (χ3v) is 5.80. The number of aromatic nitrogens is 3. The fourth-order valence-corrected chi connectivity index (χ4v) is 3.98. The van der Waals surface area contributed by atoms with E-state index < -0.39 is 0 Å². The molecule has 1 amide bonds. The molecule has 1 N–H and O–H groups in total. The highest BCUT2D eigenvalue weighted by atomic mass is 32.2. The number of thioether (sulfide) groups is 1. The minimum absolute atomic E-state index is 0.0560. The van der Waals surface area contributed by atoms with Crippen molar-refractivity contribution in [2.75, 3.05) is 5.75 Å². The molecule has 2 heterocycles. The number of hydrazone groups is 1. The number of carbonyl (C=O) groups is 1. The highest BCUT2D eigenvalue weighted by molar-refractivity contribution is 7.99. The number of hydrogen-bond acceptors (Lipinski definition) is 6. The quantitative estimate of drug-likeness (QED) is 0.212. The molecule has 0 aliphatic heterocycles. The van der Waals surface area contributed by atoms with E-state index >= 15 is 0 Å². The van der Waals surface area contributed by atoms with Crippen LogP contribution in [0.1, 0.15) is 18.1 Å². The normalized spacial score (nSPS) is 11.5. The molecular weight excluding hydrogens is 422 g/mol. The van der Waals surface area contributed by atoms with E-state index in [0.29, 0.717) is 21.8 Å². The Balaban J connectivity index is 1.61. The largest absolute Gasteiger partial charge is 0.272 e. The van der Waals surface area contributed by atoms with Crippen LogP contribution in [0.2, 0.25) is 0 Å². The lowest BCUT2D eigenvalue weighted by atomic mass is 10.2. The summed E-state index contributed by atoms with van der Waals surface area (Å²) >= 11 is 1.19. The Bertz CT molecular complexity index is 1370. The molecule has 160 valence electrons. The SMILES string of the molecule is C/C(=N/NC(=O)CSc1nc2ccccc2c(=O)n1-c1ccccc1C)c1cccnc1. The van der Waals surface area contributed by atoms with Crippen LogP contribution >= 0.6 is 11.8 Å². The van der Waals surface area contributed by atoms with Gasteiger partial charge in [0.15, 0.2) is 5.16 Å². The number of nitrogens with one attached hydrogen (secondary N) is 1. The molecule has 0 bridgehead atoms. The first kappa shape index (κ1) is 21.5. The first-order chi connectivity index (χ1) is 15.5. The molecule has 0 saturated heterocycles. The Kier molecular flexibility index (Phi) is 6.42. The molecule has 4 aromatic rings. The number of aryl methyl sites for hydroxylation is 1.